The van der Waals surface area contributed by atoms with Crippen LogP contribution in [-0.2, 0) is 9.31 Å². The van der Waals surface area contributed by atoms with Gasteiger partial charge in [0.2, 0.25) is 0 Å². The largest absolute Gasteiger partial charge is 0.513 e. The van der Waals surface area contributed by atoms with E-state index in [4.69, 9.17) is 14.7 Å². The summed E-state index contributed by atoms with van der Waals surface area (Å²) >= 11 is 0. The highest BCUT2D eigenvalue weighted by molar-refractivity contribution is 6.84. The van der Waals surface area contributed by atoms with Gasteiger partial charge >= 0.3 is 19.5 Å². The molecule has 0 aromatic rings. The minimum atomic E-state index is -4.11. The molecule has 1 fully saturated rings. The Labute approximate surface area is 121 Å². The molecular formula is C12H19BF4N2O2. The number of allylic oxidation sites excluding steroid dienone is 1. The summed E-state index contributed by atoms with van der Waals surface area (Å²) < 4.78 is 60.2. The first-order chi connectivity index (χ1) is 9.39. The predicted molar refractivity (Wildman–Crippen MR) is 71.9 cm³/mol. The Bertz CT molecular complexity index is 411. The van der Waals surface area contributed by atoms with E-state index in [1.807, 2.05) is 33.0 Å². The van der Waals surface area contributed by atoms with E-state index >= 15 is 0 Å². The van der Waals surface area contributed by atoms with Gasteiger partial charge in [-0.05, 0) is 40.0 Å². The average molecular weight is 310 g/mol. The van der Waals surface area contributed by atoms with Gasteiger partial charge in [-0.15, -0.1) is 0 Å². The van der Waals surface area contributed by atoms with E-state index in [0.29, 0.717) is 0 Å². The van der Waals surface area contributed by atoms with Gasteiger partial charge in [-0.1, -0.05) is 0 Å². The third kappa shape index (κ3) is 4.20. The number of hydrogen-bond acceptors (Lipinski definition) is 4. The Hall–Kier alpha value is -1.09. The molecule has 0 saturated carbocycles. The second-order valence-corrected chi connectivity index (χ2v) is 5.82. The first-order valence-electron chi connectivity index (χ1n) is 6.39. The summed E-state index contributed by atoms with van der Waals surface area (Å²) in [7, 11) is -0.927. The van der Waals surface area contributed by atoms with Crippen molar-refractivity contribution in [3.63, 3.8) is 0 Å². The topological polar surface area (TPSA) is 54.3 Å². The van der Waals surface area contributed by atoms with Gasteiger partial charge in [0.05, 0.1) is 23.4 Å². The molecule has 0 aromatic carbocycles. The van der Waals surface area contributed by atoms with Crippen LogP contribution < -0.4 is 5.32 Å². The molecule has 1 aliphatic rings. The fraction of sp³-hybridized carbons (Fsp3) is 0.750. The van der Waals surface area contributed by atoms with Crippen LogP contribution >= 0.6 is 0 Å². The third-order valence-electron chi connectivity index (χ3n) is 3.54. The lowest BCUT2D eigenvalue weighted by molar-refractivity contribution is -0.123. The van der Waals surface area contributed by atoms with E-state index in [2.05, 4.69) is 0 Å². The van der Waals surface area contributed by atoms with Crippen molar-refractivity contribution >= 4 is 12.7 Å². The average Bonchev–Trinajstić information content (AvgIpc) is 2.53. The quantitative estimate of drug-likeness (QED) is 0.450. The second kappa shape index (κ2) is 5.96. The fourth-order valence-electron chi connectivity index (χ4n) is 1.47. The zero-order chi connectivity index (χ0) is 16.5. The molecule has 4 nitrogen and oxygen atoms in total. The highest BCUT2D eigenvalue weighted by atomic mass is 19.3. The molecule has 0 radical (unpaired) electrons. The summed E-state index contributed by atoms with van der Waals surface area (Å²) in [6.07, 6.45) is -1.59. The SMILES string of the molecule is CC1(C)OB(C(=N)/C=C\NCC(F)(F)C(F)F)OC1(C)C. The maximum atomic E-state index is 12.6. The molecule has 1 saturated heterocycles. The Balaban J connectivity index is 2.51. The minimum absolute atomic E-state index is 0.0958. The van der Waals surface area contributed by atoms with Crippen LogP contribution in [0.4, 0.5) is 17.6 Å². The summed E-state index contributed by atoms with van der Waals surface area (Å²) in [5.74, 6) is -4.11. The van der Waals surface area contributed by atoms with Crippen molar-refractivity contribution in [1.82, 2.24) is 5.32 Å². The monoisotopic (exact) mass is 310 g/mol. The van der Waals surface area contributed by atoms with E-state index in [9.17, 15) is 17.6 Å². The van der Waals surface area contributed by atoms with Gasteiger partial charge in [-0.2, -0.15) is 8.78 Å². The van der Waals surface area contributed by atoms with Crippen molar-refractivity contribution in [1.29, 1.82) is 5.41 Å². The molecule has 21 heavy (non-hydrogen) atoms. The fourth-order valence-corrected chi connectivity index (χ4v) is 1.47. The number of halogens is 4. The number of alkyl halides is 4. The van der Waals surface area contributed by atoms with Crippen molar-refractivity contribution in [3.05, 3.63) is 12.3 Å². The second-order valence-electron chi connectivity index (χ2n) is 5.82. The molecule has 2 N–H and O–H groups in total. The smallest absolute Gasteiger partial charge is 0.398 e. The van der Waals surface area contributed by atoms with E-state index < -0.39 is 37.2 Å². The summed E-state index contributed by atoms with van der Waals surface area (Å²) in [6.45, 7) is 6.03. The van der Waals surface area contributed by atoms with Gasteiger partial charge in [0, 0.05) is 0 Å². The number of hydrogen-bond donors (Lipinski definition) is 2. The van der Waals surface area contributed by atoms with Crippen molar-refractivity contribution < 1.29 is 26.9 Å². The Morgan fingerprint density at radius 3 is 2.14 bits per heavy atom. The third-order valence-corrected chi connectivity index (χ3v) is 3.54. The molecule has 0 atom stereocenters. The first-order valence-corrected chi connectivity index (χ1v) is 6.39. The molecular weight excluding hydrogens is 291 g/mol. The Morgan fingerprint density at radius 2 is 1.71 bits per heavy atom. The molecule has 120 valence electrons. The van der Waals surface area contributed by atoms with E-state index in [0.717, 1.165) is 12.3 Å². The van der Waals surface area contributed by atoms with Crippen molar-refractivity contribution in [2.45, 2.75) is 51.2 Å². The molecule has 9 heteroatoms. The van der Waals surface area contributed by atoms with Crippen LogP contribution in [0.1, 0.15) is 27.7 Å². The normalized spacial score (nSPS) is 21.3. The van der Waals surface area contributed by atoms with Crippen molar-refractivity contribution in [2.75, 3.05) is 6.54 Å². The van der Waals surface area contributed by atoms with Crippen LogP contribution in [-0.4, -0.2) is 42.8 Å². The lowest BCUT2D eigenvalue weighted by Crippen LogP contribution is -2.41. The van der Waals surface area contributed by atoms with Crippen LogP contribution in [0, 0.1) is 5.41 Å². The molecule has 0 bridgehead atoms. The summed E-state index contributed by atoms with van der Waals surface area (Å²) in [6, 6.07) is 0. The van der Waals surface area contributed by atoms with Gasteiger partial charge in [0.15, 0.2) is 0 Å². The minimum Gasteiger partial charge on any atom is -0.398 e. The molecule has 1 aliphatic heterocycles. The predicted octanol–water partition coefficient (Wildman–Crippen LogP) is 2.64. The lowest BCUT2D eigenvalue weighted by atomic mass is 9.82. The maximum Gasteiger partial charge on any atom is 0.513 e. The van der Waals surface area contributed by atoms with E-state index in [1.54, 1.807) is 0 Å². The first kappa shape index (κ1) is 18.0. The van der Waals surface area contributed by atoms with Crippen molar-refractivity contribution in [3.8, 4) is 0 Å². The van der Waals surface area contributed by atoms with Gasteiger partial charge in [0.1, 0.15) is 0 Å². The molecule has 0 unspecified atom stereocenters. The zero-order valence-corrected chi connectivity index (χ0v) is 12.3. The van der Waals surface area contributed by atoms with Crippen molar-refractivity contribution in [2.24, 2.45) is 0 Å². The lowest BCUT2D eigenvalue weighted by Gasteiger charge is -2.32. The van der Waals surface area contributed by atoms with Gasteiger partial charge in [0.25, 0.3) is 0 Å². The highest BCUT2D eigenvalue weighted by Crippen LogP contribution is 2.36. The van der Waals surface area contributed by atoms with Crippen LogP contribution in [0.25, 0.3) is 0 Å². The zero-order valence-electron chi connectivity index (χ0n) is 12.3. The van der Waals surface area contributed by atoms with Gasteiger partial charge < -0.3 is 20.0 Å². The summed E-state index contributed by atoms with van der Waals surface area (Å²) in [5.41, 5.74) is -1.33. The van der Waals surface area contributed by atoms with E-state index in [1.165, 1.54) is 0 Å². The number of nitrogens with one attached hydrogen (secondary N) is 2. The molecule has 0 spiro atoms. The standard InChI is InChI=1S/C12H19BF4N2O2/c1-10(2)11(3,4)21-13(20-10)8(18)5-6-19-7-12(16,17)9(14)15/h5-6,9,18-19H,7H2,1-4H3/b6-5-,18-8?. The molecule has 1 rings (SSSR count). The Kier molecular flexibility index (Phi) is 5.10. The highest BCUT2D eigenvalue weighted by Gasteiger charge is 2.52. The summed E-state index contributed by atoms with van der Waals surface area (Å²) in [4.78, 5) is 0. The van der Waals surface area contributed by atoms with Crippen LogP contribution in [0.15, 0.2) is 12.3 Å². The van der Waals surface area contributed by atoms with Crippen LogP contribution in [0.3, 0.4) is 0 Å². The van der Waals surface area contributed by atoms with Crippen LogP contribution in [0.5, 0.6) is 0 Å². The van der Waals surface area contributed by atoms with Crippen LogP contribution in [0.2, 0.25) is 0 Å². The molecule has 1 heterocycles. The number of rotatable bonds is 6. The van der Waals surface area contributed by atoms with Gasteiger partial charge in [-0.3, -0.25) is 0 Å². The van der Waals surface area contributed by atoms with E-state index in [-0.39, 0.29) is 5.61 Å². The molecule has 0 aliphatic carbocycles. The van der Waals surface area contributed by atoms with Gasteiger partial charge in [-0.25, -0.2) is 8.78 Å². The molecule has 0 aromatic heterocycles. The summed E-state index contributed by atoms with van der Waals surface area (Å²) in [5, 5.41) is 9.79. The maximum absolute atomic E-state index is 12.6. The Morgan fingerprint density at radius 1 is 1.24 bits per heavy atom. The molecule has 0 amide bonds.